The van der Waals surface area contributed by atoms with Crippen molar-refractivity contribution in [1.29, 1.82) is 0 Å². The van der Waals surface area contributed by atoms with E-state index in [1.807, 2.05) is 38.1 Å². The van der Waals surface area contributed by atoms with E-state index >= 15 is 0 Å². The molecule has 3 rings (SSSR count). The summed E-state index contributed by atoms with van der Waals surface area (Å²) in [6, 6.07) is 12.8. The molecule has 6 nitrogen and oxygen atoms in total. The predicted octanol–water partition coefficient (Wildman–Crippen LogP) is 4.85. The molecule has 0 saturated carbocycles. The first kappa shape index (κ1) is 19.8. The molecule has 0 aliphatic heterocycles. The van der Waals surface area contributed by atoms with Gasteiger partial charge in [0, 0.05) is 28.0 Å². The lowest BCUT2D eigenvalue weighted by molar-refractivity contribution is 0.102. The molecule has 7 heteroatoms. The predicted molar refractivity (Wildman–Crippen MR) is 109 cm³/mol. The second-order valence-electron chi connectivity index (χ2n) is 6.11. The molecule has 0 fully saturated rings. The van der Waals surface area contributed by atoms with E-state index in [4.69, 9.17) is 14.0 Å². The van der Waals surface area contributed by atoms with Crippen molar-refractivity contribution in [2.45, 2.75) is 24.5 Å². The summed E-state index contributed by atoms with van der Waals surface area (Å²) >= 11 is 1.58. The number of rotatable bonds is 7. The van der Waals surface area contributed by atoms with Crippen molar-refractivity contribution < 1.29 is 18.8 Å². The summed E-state index contributed by atoms with van der Waals surface area (Å²) in [6.07, 6.45) is 0. The summed E-state index contributed by atoms with van der Waals surface area (Å²) < 4.78 is 15.7. The Morgan fingerprint density at radius 1 is 1.11 bits per heavy atom. The number of ether oxygens (including phenoxy) is 2. The van der Waals surface area contributed by atoms with Gasteiger partial charge in [-0.1, -0.05) is 17.3 Å². The monoisotopic (exact) mass is 398 g/mol. The first-order valence-electron chi connectivity index (χ1n) is 8.70. The normalized spacial score (nSPS) is 10.6. The summed E-state index contributed by atoms with van der Waals surface area (Å²) in [4.78, 5) is 13.7. The molecule has 1 heterocycles. The van der Waals surface area contributed by atoms with Crippen LogP contribution in [0.1, 0.15) is 27.4 Å². The van der Waals surface area contributed by atoms with E-state index in [1.54, 1.807) is 44.2 Å². The maximum Gasteiger partial charge on any atom is 0.256 e. The Labute approximate surface area is 168 Å². The van der Waals surface area contributed by atoms with Crippen molar-refractivity contribution in [3.8, 4) is 11.5 Å². The highest BCUT2D eigenvalue weighted by atomic mass is 32.2. The summed E-state index contributed by atoms with van der Waals surface area (Å²) in [5.41, 5.74) is 3.17. The van der Waals surface area contributed by atoms with Crippen LogP contribution in [0.15, 0.2) is 51.9 Å². The van der Waals surface area contributed by atoms with Crippen molar-refractivity contribution >= 4 is 23.4 Å². The van der Waals surface area contributed by atoms with E-state index in [1.165, 1.54) is 0 Å². The third-order valence-corrected chi connectivity index (χ3v) is 5.43. The van der Waals surface area contributed by atoms with Crippen molar-refractivity contribution in [2.75, 3.05) is 19.5 Å². The van der Waals surface area contributed by atoms with Gasteiger partial charge in [0.1, 0.15) is 5.76 Å². The van der Waals surface area contributed by atoms with Gasteiger partial charge in [-0.15, -0.1) is 11.8 Å². The molecule has 0 aliphatic rings. The number of carbonyl (C=O) groups excluding carboxylic acids is 1. The Morgan fingerprint density at radius 2 is 1.86 bits per heavy atom. The van der Waals surface area contributed by atoms with Crippen LogP contribution in [0.25, 0.3) is 0 Å². The van der Waals surface area contributed by atoms with Gasteiger partial charge in [-0.25, -0.2) is 0 Å². The Bertz CT molecular complexity index is 965. The second kappa shape index (κ2) is 8.84. The first-order chi connectivity index (χ1) is 13.5. The van der Waals surface area contributed by atoms with Crippen molar-refractivity contribution in [2.24, 2.45) is 0 Å². The summed E-state index contributed by atoms with van der Waals surface area (Å²) in [5, 5.41) is 6.90. The maximum atomic E-state index is 12.9. The minimum atomic E-state index is -0.186. The van der Waals surface area contributed by atoms with Gasteiger partial charge in [0.2, 0.25) is 0 Å². The molecule has 0 radical (unpaired) electrons. The second-order valence-corrected chi connectivity index (χ2v) is 7.13. The molecule has 28 heavy (non-hydrogen) atoms. The van der Waals surface area contributed by atoms with E-state index in [2.05, 4.69) is 10.5 Å². The molecule has 0 atom stereocenters. The summed E-state index contributed by atoms with van der Waals surface area (Å²) in [7, 11) is 3.13. The van der Waals surface area contributed by atoms with Crippen molar-refractivity contribution in [3.05, 3.63) is 65.0 Å². The van der Waals surface area contributed by atoms with Gasteiger partial charge in [0.15, 0.2) is 11.5 Å². The number of carbonyl (C=O) groups is 1. The van der Waals surface area contributed by atoms with Gasteiger partial charge in [0.05, 0.1) is 25.5 Å². The molecule has 1 aromatic heterocycles. The lowest BCUT2D eigenvalue weighted by Gasteiger charge is -2.12. The molecule has 1 amide bonds. The number of benzene rings is 2. The largest absolute Gasteiger partial charge is 0.493 e. The molecule has 0 saturated heterocycles. The molecule has 0 aliphatic carbocycles. The minimum Gasteiger partial charge on any atom is -0.493 e. The summed E-state index contributed by atoms with van der Waals surface area (Å²) in [6.45, 7) is 3.81. The molecule has 146 valence electrons. The highest BCUT2D eigenvalue weighted by Crippen LogP contribution is 2.32. The fraction of sp³-hybridized carbons (Fsp3) is 0.238. The topological polar surface area (TPSA) is 73.6 Å². The van der Waals surface area contributed by atoms with Crippen LogP contribution < -0.4 is 14.8 Å². The average molecular weight is 398 g/mol. The van der Waals surface area contributed by atoms with Crippen LogP contribution in [-0.4, -0.2) is 25.3 Å². The number of thioether (sulfide) groups is 1. The number of hydrogen-bond acceptors (Lipinski definition) is 6. The number of nitrogens with one attached hydrogen (secondary N) is 1. The van der Waals surface area contributed by atoms with E-state index in [0.717, 1.165) is 21.9 Å². The maximum absolute atomic E-state index is 12.9. The van der Waals surface area contributed by atoms with Crippen LogP contribution in [0.2, 0.25) is 0 Å². The summed E-state index contributed by atoms with van der Waals surface area (Å²) in [5.74, 6) is 2.46. The number of anilines is 1. The molecular weight excluding hydrogens is 376 g/mol. The van der Waals surface area contributed by atoms with Crippen LogP contribution in [0, 0.1) is 13.8 Å². The minimum absolute atomic E-state index is 0.186. The number of methoxy groups -OCH3 is 2. The highest BCUT2D eigenvalue weighted by molar-refractivity contribution is 7.98. The third-order valence-electron chi connectivity index (χ3n) is 4.33. The first-order valence-corrected chi connectivity index (χ1v) is 9.69. The van der Waals surface area contributed by atoms with Crippen molar-refractivity contribution in [3.63, 3.8) is 0 Å². The standard InChI is InChI=1S/C21H22N2O4S/c1-13-17(14(2)27-23-13)12-28-20-8-6-5-7-16(20)21(24)22-15-9-10-18(25-3)19(11-15)26-4/h5-11H,12H2,1-4H3,(H,22,24). The Morgan fingerprint density at radius 3 is 2.54 bits per heavy atom. The Balaban J connectivity index is 1.77. The lowest BCUT2D eigenvalue weighted by atomic mass is 10.2. The Hall–Kier alpha value is -2.93. The number of aromatic nitrogens is 1. The third kappa shape index (κ3) is 4.31. The van der Waals surface area contributed by atoms with E-state index in [0.29, 0.717) is 28.5 Å². The smallest absolute Gasteiger partial charge is 0.256 e. The van der Waals surface area contributed by atoms with Gasteiger partial charge in [-0.3, -0.25) is 4.79 Å². The molecule has 0 spiro atoms. The Kier molecular flexibility index (Phi) is 6.26. The van der Waals surface area contributed by atoms with Gasteiger partial charge >= 0.3 is 0 Å². The zero-order chi connectivity index (χ0) is 20.1. The molecule has 1 N–H and O–H groups in total. The van der Waals surface area contributed by atoms with E-state index in [9.17, 15) is 4.79 Å². The van der Waals surface area contributed by atoms with Gasteiger partial charge in [-0.2, -0.15) is 0 Å². The molecule has 2 aromatic carbocycles. The highest BCUT2D eigenvalue weighted by Gasteiger charge is 2.15. The number of aryl methyl sites for hydroxylation is 2. The van der Waals surface area contributed by atoms with Crippen LogP contribution in [0.5, 0.6) is 11.5 Å². The van der Waals surface area contributed by atoms with Crippen molar-refractivity contribution in [1.82, 2.24) is 5.16 Å². The number of hydrogen-bond donors (Lipinski definition) is 1. The molecular formula is C21H22N2O4S. The van der Waals surface area contributed by atoms with Gasteiger partial charge in [-0.05, 0) is 38.1 Å². The fourth-order valence-corrected chi connectivity index (χ4v) is 3.95. The van der Waals surface area contributed by atoms with Gasteiger partial charge < -0.3 is 19.3 Å². The number of amides is 1. The lowest BCUT2D eigenvalue weighted by Crippen LogP contribution is -2.13. The van der Waals surface area contributed by atoms with Crippen LogP contribution >= 0.6 is 11.8 Å². The van der Waals surface area contributed by atoms with Crippen LogP contribution in [0.4, 0.5) is 5.69 Å². The zero-order valence-corrected chi connectivity index (χ0v) is 17.1. The fourth-order valence-electron chi connectivity index (χ4n) is 2.75. The van der Waals surface area contributed by atoms with E-state index < -0.39 is 0 Å². The molecule has 3 aromatic rings. The average Bonchev–Trinajstić information content (AvgIpc) is 3.04. The zero-order valence-electron chi connectivity index (χ0n) is 16.2. The van der Waals surface area contributed by atoms with Gasteiger partial charge in [0.25, 0.3) is 5.91 Å². The van der Waals surface area contributed by atoms with Crippen LogP contribution in [0.3, 0.4) is 0 Å². The molecule has 0 unspecified atom stereocenters. The quantitative estimate of drug-likeness (QED) is 0.573. The number of nitrogens with zero attached hydrogens (tertiary/aromatic N) is 1. The SMILES string of the molecule is COc1ccc(NC(=O)c2ccccc2SCc2c(C)noc2C)cc1OC. The van der Waals surface area contributed by atoms with Crippen LogP contribution in [-0.2, 0) is 5.75 Å². The van der Waals surface area contributed by atoms with E-state index in [-0.39, 0.29) is 5.91 Å². The molecule has 0 bridgehead atoms.